The number of hydrogen-bond donors (Lipinski definition) is 1. The number of rotatable bonds is 4. The number of allylic oxidation sites excluding steroid dienone is 1. The number of nitrogens with two attached hydrogens (primary N) is 1. The highest BCUT2D eigenvalue weighted by Crippen LogP contribution is 2.22. The van der Waals surface area contributed by atoms with Crippen molar-refractivity contribution in [2.45, 2.75) is 19.9 Å². The Morgan fingerprint density at radius 2 is 2.05 bits per heavy atom. The Bertz CT molecular complexity index is 627. The summed E-state index contributed by atoms with van der Waals surface area (Å²) in [6.45, 7) is 6.39. The van der Waals surface area contributed by atoms with Crippen LogP contribution in [0.5, 0.6) is 0 Å². The summed E-state index contributed by atoms with van der Waals surface area (Å²) in [5.74, 6) is 0. The molecule has 0 bridgehead atoms. The van der Waals surface area contributed by atoms with E-state index in [2.05, 4.69) is 43.8 Å². The SMILES string of the molecule is C=CCn1c(C#N)cc(N)c1Cc1ccc(C)cc1. The zero-order valence-electron chi connectivity index (χ0n) is 11.1. The van der Waals surface area contributed by atoms with Gasteiger partial charge in [0, 0.05) is 18.7 Å². The molecule has 3 nitrogen and oxygen atoms in total. The minimum absolute atomic E-state index is 0.583. The molecule has 0 aliphatic heterocycles. The van der Waals surface area contributed by atoms with Gasteiger partial charge in [0.05, 0.1) is 5.69 Å². The molecular formula is C16H17N3. The van der Waals surface area contributed by atoms with E-state index in [-0.39, 0.29) is 0 Å². The van der Waals surface area contributed by atoms with Gasteiger partial charge < -0.3 is 10.3 Å². The lowest BCUT2D eigenvalue weighted by atomic mass is 10.1. The van der Waals surface area contributed by atoms with Crippen molar-refractivity contribution in [1.82, 2.24) is 4.57 Å². The van der Waals surface area contributed by atoms with Crippen LogP contribution >= 0.6 is 0 Å². The molecule has 0 saturated heterocycles. The van der Waals surface area contributed by atoms with Gasteiger partial charge in [0.1, 0.15) is 11.8 Å². The molecule has 0 radical (unpaired) electrons. The summed E-state index contributed by atoms with van der Waals surface area (Å²) in [6, 6.07) is 12.2. The summed E-state index contributed by atoms with van der Waals surface area (Å²) in [4.78, 5) is 0. The highest BCUT2D eigenvalue weighted by Gasteiger charge is 2.12. The first-order chi connectivity index (χ1) is 9.15. The van der Waals surface area contributed by atoms with Crippen molar-refractivity contribution in [3.63, 3.8) is 0 Å². The van der Waals surface area contributed by atoms with E-state index < -0.39 is 0 Å². The van der Waals surface area contributed by atoms with Crippen LogP contribution in [0.1, 0.15) is 22.5 Å². The van der Waals surface area contributed by atoms with E-state index in [9.17, 15) is 0 Å². The lowest BCUT2D eigenvalue weighted by molar-refractivity contribution is 0.768. The second kappa shape index (κ2) is 5.45. The molecule has 0 amide bonds. The molecule has 1 heterocycles. The monoisotopic (exact) mass is 251 g/mol. The number of nitrogen functional groups attached to an aromatic ring is 1. The van der Waals surface area contributed by atoms with Crippen LogP contribution in [-0.4, -0.2) is 4.57 Å². The van der Waals surface area contributed by atoms with Crippen molar-refractivity contribution in [3.05, 3.63) is 65.5 Å². The fourth-order valence-corrected chi connectivity index (χ4v) is 2.14. The molecule has 1 aromatic heterocycles. The number of aromatic nitrogens is 1. The van der Waals surface area contributed by atoms with Crippen molar-refractivity contribution < 1.29 is 0 Å². The summed E-state index contributed by atoms with van der Waals surface area (Å²) in [5.41, 5.74) is 10.7. The number of aryl methyl sites for hydroxylation is 1. The average molecular weight is 251 g/mol. The van der Waals surface area contributed by atoms with Crippen molar-refractivity contribution in [1.29, 1.82) is 5.26 Å². The van der Waals surface area contributed by atoms with E-state index in [0.29, 0.717) is 17.9 Å². The van der Waals surface area contributed by atoms with Crippen LogP contribution in [-0.2, 0) is 13.0 Å². The number of benzene rings is 1. The second-order valence-corrected chi connectivity index (χ2v) is 4.61. The van der Waals surface area contributed by atoms with Crippen molar-refractivity contribution in [2.75, 3.05) is 5.73 Å². The van der Waals surface area contributed by atoms with Gasteiger partial charge in [0.15, 0.2) is 0 Å². The van der Waals surface area contributed by atoms with Crippen LogP contribution in [0.4, 0.5) is 5.69 Å². The van der Waals surface area contributed by atoms with E-state index in [1.165, 1.54) is 11.1 Å². The van der Waals surface area contributed by atoms with Gasteiger partial charge in [-0.25, -0.2) is 0 Å². The van der Waals surface area contributed by atoms with E-state index in [0.717, 1.165) is 12.1 Å². The lowest BCUT2D eigenvalue weighted by Crippen LogP contribution is -2.06. The van der Waals surface area contributed by atoms with Gasteiger partial charge in [-0.1, -0.05) is 35.9 Å². The van der Waals surface area contributed by atoms with Crippen LogP contribution in [0, 0.1) is 18.3 Å². The zero-order chi connectivity index (χ0) is 13.8. The Kier molecular flexibility index (Phi) is 3.72. The predicted molar refractivity (Wildman–Crippen MR) is 77.7 cm³/mol. The average Bonchev–Trinajstić information content (AvgIpc) is 2.70. The van der Waals surface area contributed by atoms with E-state index in [1.807, 2.05) is 4.57 Å². The third kappa shape index (κ3) is 2.69. The molecule has 19 heavy (non-hydrogen) atoms. The Labute approximate surface area is 113 Å². The molecule has 2 rings (SSSR count). The Morgan fingerprint density at radius 3 is 2.63 bits per heavy atom. The molecule has 0 fully saturated rings. The van der Waals surface area contributed by atoms with Gasteiger partial charge in [-0.2, -0.15) is 5.26 Å². The molecule has 0 saturated carbocycles. The van der Waals surface area contributed by atoms with E-state index >= 15 is 0 Å². The standard InChI is InChI=1S/C16H17N3/c1-3-8-19-14(11-17)10-15(18)16(19)9-13-6-4-12(2)5-7-13/h3-7,10H,1,8-9,18H2,2H3. The maximum absolute atomic E-state index is 9.12. The highest BCUT2D eigenvalue weighted by molar-refractivity contribution is 5.52. The van der Waals surface area contributed by atoms with Gasteiger partial charge in [-0.3, -0.25) is 0 Å². The largest absolute Gasteiger partial charge is 0.397 e. The summed E-state index contributed by atoms with van der Waals surface area (Å²) in [6.07, 6.45) is 2.50. The fraction of sp³-hybridized carbons (Fsp3) is 0.188. The van der Waals surface area contributed by atoms with E-state index in [4.69, 9.17) is 11.0 Å². The smallest absolute Gasteiger partial charge is 0.122 e. The molecule has 0 atom stereocenters. The lowest BCUT2D eigenvalue weighted by Gasteiger charge is -2.09. The first-order valence-electron chi connectivity index (χ1n) is 6.20. The maximum atomic E-state index is 9.12. The molecular weight excluding hydrogens is 234 g/mol. The first-order valence-corrected chi connectivity index (χ1v) is 6.20. The van der Waals surface area contributed by atoms with Gasteiger partial charge in [-0.15, -0.1) is 6.58 Å². The van der Waals surface area contributed by atoms with Crippen molar-refractivity contribution in [3.8, 4) is 6.07 Å². The Hall–Kier alpha value is -2.47. The predicted octanol–water partition coefficient (Wildman–Crippen LogP) is 3.03. The van der Waals surface area contributed by atoms with Gasteiger partial charge in [0.2, 0.25) is 0 Å². The molecule has 0 aliphatic rings. The van der Waals surface area contributed by atoms with Gasteiger partial charge >= 0.3 is 0 Å². The number of nitriles is 1. The fourth-order valence-electron chi connectivity index (χ4n) is 2.14. The van der Waals surface area contributed by atoms with Crippen LogP contribution < -0.4 is 5.73 Å². The number of hydrogen-bond acceptors (Lipinski definition) is 2. The van der Waals surface area contributed by atoms with Gasteiger partial charge in [-0.05, 0) is 18.6 Å². The molecule has 0 aliphatic carbocycles. The number of nitrogens with zero attached hydrogens (tertiary/aromatic N) is 2. The number of anilines is 1. The third-order valence-electron chi connectivity index (χ3n) is 3.16. The molecule has 3 heteroatoms. The van der Waals surface area contributed by atoms with Crippen LogP contribution in [0.2, 0.25) is 0 Å². The molecule has 0 spiro atoms. The summed E-state index contributed by atoms with van der Waals surface area (Å²) < 4.78 is 1.92. The quantitative estimate of drug-likeness (QED) is 0.849. The van der Waals surface area contributed by atoms with Gasteiger partial charge in [0.25, 0.3) is 0 Å². The summed E-state index contributed by atoms with van der Waals surface area (Å²) in [7, 11) is 0. The van der Waals surface area contributed by atoms with Crippen molar-refractivity contribution >= 4 is 5.69 Å². The molecule has 1 aromatic carbocycles. The third-order valence-corrected chi connectivity index (χ3v) is 3.16. The minimum atomic E-state index is 0.583. The molecule has 2 N–H and O–H groups in total. The highest BCUT2D eigenvalue weighted by atomic mass is 15.0. The second-order valence-electron chi connectivity index (χ2n) is 4.61. The summed E-state index contributed by atoms with van der Waals surface area (Å²) >= 11 is 0. The van der Waals surface area contributed by atoms with Crippen LogP contribution in [0.3, 0.4) is 0 Å². The van der Waals surface area contributed by atoms with Crippen LogP contribution in [0.15, 0.2) is 43.0 Å². The first kappa shape index (κ1) is 13.0. The van der Waals surface area contributed by atoms with Crippen molar-refractivity contribution in [2.24, 2.45) is 0 Å². The molecule has 96 valence electrons. The molecule has 2 aromatic rings. The topological polar surface area (TPSA) is 54.7 Å². The Balaban J connectivity index is 2.39. The minimum Gasteiger partial charge on any atom is -0.397 e. The Morgan fingerprint density at radius 1 is 1.37 bits per heavy atom. The molecule has 0 unspecified atom stereocenters. The zero-order valence-corrected chi connectivity index (χ0v) is 11.1. The normalized spacial score (nSPS) is 10.1. The summed E-state index contributed by atoms with van der Waals surface area (Å²) in [5, 5.41) is 9.12. The maximum Gasteiger partial charge on any atom is 0.122 e. The van der Waals surface area contributed by atoms with Crippen LogP contribution in [0.25, 0.3) is 0 Å². The van der Waals surface area contributed by atoms with E-state index in [1.54, 1.807) is 12.1 Å².